The summed E-state index contributed by atoms with van der Waals surface area (Å²) in [6, 6.07) is 8.99. The number of halogens is 1. The van der Waals surface area contributed by atoms with Crippen LogP contribution in [0, 0.1) is 6.92 Å². The quantitative estimate of drug-likeness (QED) is 0.795. The number of hydrogen-bond donors (Lipinski definition) is 1. The zero-order valence-corrected chi connectivity index (χ0v) is 13.9. The minimum Gasteiger partial charge on any atom is -0.357 e. The van der Waals surface area contributed by atoms with Gasteiger partial charge in [0.15, 0.2) is 5.82 Å². The van der Waals surface area contributed by atoms with E-state index < -0.39 is 0 Å². The van der Waals surface area contributed by atoms with Crippen LogP contribution in [0.15, 0.2) is 42.7 Å². The lowest BCUT2D eigenvalue weighted by atomic mass is 10.2. The Bertz CT molecular complexity index is 922. The van der Waals surface area contributed by atoms with E-state index in [1.165, 1.54) is 0 Å². The van der Waals surface area contributed by atoms with Gasteiger partial charge in [-0.05, 0) is 37.6 Å². The molecular formula is C17H16ClN5O. The average molecular weight is 342 g/mol. The van der Waals surface area contributed by atoms with Gasteiger partial charge in [0.1, 0.15) is 11.6 Å². The van der Waals surface area contributed by atoms with Crippen LogP contribution < -0.4 is 10.2 Å². The van der Waals surface area contributed by atoms with Crippen LogP contribution in [-0.4, -0.2) is 33.1 Å². The van der Waals surface area contributed by atoms with E-state index >= 15 is 0 Å². The molecule has 1 aromatic carbocycles. The van der Waals surface area contributed by atoms with Crippen LogP contribution in [0.1, 0.15) is 12.1 Å². The van der Waals surface area contributed by atoms with Gasteiger partial charge in [0, 0.05) is 29.6 Å². The molecule has 1 saturated heterocycles. The van der Waals surface area contributed by atoms with Crippen molar-refractivity contribution in [3.05, 3.63) is 53.4 Å². The maximum absolute atomic E-state index is 12.7. The normalized spacial score (nSPS) is 17.7. The molecule has 6 nitrogen and oxygen atoms in total. The van der Waals surface area contributed by atoms with Crippen molar-refractivity contribution in [2.45, 2.75) is 19.4 Å². The lowest BCUT2D eigenvalue weighted by Gasteiger charge is -2.18. The zero-order chi connectivity index (χ0) is 16.7. The Balaban J connectivity index is 1.58. The molecule has 24 heavy (non-hydrogen) atoms. The van der Waals surface area contributed by atoms with Gasteiger partial charge in [0.25, 0.3) is 0 Å². The van der Waals surface area contributed by atoms with Crippen LogP contribution >= 0.6 is 11.6 Å². The van der Waals surface area contributed by atoms with Crippen LogP contribution in [0.5, 0.6) is 0 Å². The molecule has 4 rings (SSSR count). The second-order valence-electron chi connectivity index (χ2n) is 5.85. The molecule has 0 bridgehead atoms. The van der Waals surface area contributed by atoms with Crippen molar-refractivity contribution in [1.82, 2.24) is 14.6 Å². The van der Waals surface area contributed by atoms with E-state index in [-0.39, 0.29) is 11.9 Å². The van der Waals surface area contributed by atoms with Gasteiger partial charge >= 0.3 is 0 Å². The van der Waals surface area contributed by atoms with E-state index in [0.717, 1.165) is 16.9 Å². The first-order valence-corrected chi connectivity index (χ1v) is 8.14. The van der Waals surface area contributed by atoms with Gasteiger partial charge < -0.3 is 10.2 Å². The Labute approximate surface area is 144 Å². The number of benzene rings is 1. The van der Waals surface area contributed by atoms with Gasteiger partial charge in [-0.25, -0.2) is 9.50 Å². The van der Waals surface area contributed by atoms with E-state index in [9.17, 15) is 4.79 Å². The third-order valence-corrected chi connectivity index (χ3v) is 4.38. The fourth-order valence-corrected chi connectivity index (χ4v) is 3.22. The maximum Gasteiger partial charge on any atom is 0.249 e. The SMILES string of the molecule is Cc1cc2c(NC3CCN(c4cccc(Cl)c4)C3=O)nccn2n1. The summed E-state index contributed by atoms with van der Waals surface area (Å²) in [5, 5.41) is 8.25. The largest absolute Gasteiger partial charge is 0.357 e. The highest BCUT2D eigenvalue weighted by atomic mass is 35.5. The minimum atomic E-state index is -0.308. The molecule has 1 fully saturated rings. The summed E-state index contributed by atoms with van der Waals surface area (Å²) < 4.78 is 1.76. The number of amides is 1. The zero-order valence-electron chi connectivity index (χ0n) is 13.1. The van der Waals surface area contributed by atoms with Gasteiger partial charge in [-0.1, -0.05) is 17.7 Å². The molecule has 0 aliphatic carbocycles. The molecule has 122 valence electrons. The van der Waals surface area contributed by atoms with E-state index in [1.54, 1.807) is 33.9 Å². The maximum atomic E-state index is 12.7. The Morgan fingerprint density at radius 1 is 1.33 bits per heavy atom. The number of nitrogens with zero attached hydrogens (tertiary/aromatic N) is 4. The number of carbonyl (C=O) groups excluding carboxylic acids is 1. The molecule has 1 atom stereocenters. The Kier molecular flexibility index (Phi) is 3.61. The highest BCUT2D eigenvalue weighted by molar-refractivity contribution is 6.31. The van der Waals surface area contributed by atoms with Crippen molar-refractivity contribution in [1.29, 1.82) is 0 Å². The predicted molar refractivity (Wildman–Crippen MR) is 93.6 cm³/mol. The van der Waals surface area contributed by atoms with E-state index in [4.69, 9.17) is 11.6 Å². The molecular weight excluding hydrogens is 326 g/mol. The van der Waals surface area contributed by atoms with Gasteiger partial charge in [0.2, 0.25) is 5.91 Å². The third kappa shape index (κ3) is 2.59. The molecule has 1 N–H and O–H groups in total. The second kappa shape index (κ2) is 5.79. The number of nitrogens with one attached hydrogen (secondary N) is 1. The predicted octanol–water partition coefficient (Wildman–Crippen LogP) is 2.91. The van der Waals surface area contributed by atoms with Crippen molar-refractivity contribution < 1.29 is 4.79 Å². The topological polar surface area (TPSA) is 62.5 Å². The molecule has 0 saturated carbocycles. The first kappa shape index (κ1) is 15.0. The monoisotopic (exact) mass is 341 g/mol. The van der Waals surface area contributed by atoms with Crippen LogP contribution in [0.25, 0.3) is 5.52 Å². The molecule has 3 heterocycles. The fraction of sp³-hybridized carbons (Fsp3) is 0.235. The molecule has 1 aliphatic heterocycles. The van der Waals surface area contributed by atoms with E-state index in [2.05, 4.69) is 15.4 Å². The van der Waals surface area contributed by atoms with Gasteiger partial charge in [-0.15, -0.1) is 0 Å². The molecule has 2 aromatic heterocycles. The standard InChI is InChI=1S/C17H16ClN5O/c1-11-9-15-16(19-6-8-23(15)21-11)20-14-5-7-22(17(14)24)13-4-2-3-12(18)10-13/h2-4,6,8-10,14H,5,7H2,1H3,(H,19,20). The average Bonchev–Trinajstić information content (AvgIpc) is 3.11. The van der Waals surface area contributed by atoms with Crippen molar-refractivity contribution in [2.75, 3.05) is 16.8 Å². The van der Waals surface area contributed by atoms with Gasteiger partial charge in [0.05, 0.1) is 5.69 Å². The lowest BCUT2D eigenvalue weighted by Crippen LogP contribution is -2.33. The molecule has 1 aliphatic rings. The van der Waals surface area contributed by atoms with E-state index in [1.807, 2.05) is 25.1 Å². The molecule has 7 heteroatoms. The molecule has 1 amide bonds. The number of anilines is 2. The highest BCUT2D eigenvalue weighted by Gasteiger charge is 2.33. The molecule has 0 spiro atoms. The summed E-state index contributed by atoms with van der Waals surface area (Å²) >= 11 is 6.03. The number of hydrogen-bond acceptors (Lipinski definition) is 4. The summed E-state index contributed by atoms with van der Waals surface area (Å²) in [5.41, 5.74) is 2.59. The highest BCUT2D eigenvalue weighted by Crippen LogP contribution is 2.26. The molecule has 0 radical (unpaired) electrons. The van der Waals surface area contributed by atoms with Gasteiger partial charge in [-0.2, -0.15) is 5.10 Å². The van der Waals surface area contributed by atoms with Crippen LogP contribution in [0.4, 0.5) is 11.5 Å². The first-order chi connectivity index (χ1) is 11.6. The Morgan fingerprint density at radius 2 is 2.21 bits per heavy atom. The van der Waals surface area contributed by atoms with Gasteiger partial charge in [-0.3, -0.25) is 4.79 Å². The first-order valence-electron chi connectivity index (χ1n) is 7.76. The Morgan fingerprint density at radius 3 is 3.04 bits per heavy atom. The van der Waals surface area contributed by atoms with Crippen LogP contribution in [0.3, 0.4) is 0 Å². The summed E-state index contributed by atoms with van der Waals surface area (Å²) in [6.45, 7) is 2.58. The number of carbonyl (C=O) groups is 1. The summed E-state index contributed by atoms with van der Waals surface area (Å²) in [5.74, 6) is 0.696. The number of fused-ring (bicyclic) bond motifs is 1. The lowest BCUT2D eigenvalue weighted by molar-refractivity contribution is -0.117. The number of aromatic nitrogens is 3. The summed E-state index contributed by atoms with van der Waals surface area (Å²) in [4.78, 5) is 18.9. The van der Waals surface area contributed by atoms with Crippen molar-refractivity contribution >= 4 is 34.5 Å². The third-order valence-electron chi connectivity index (χ3n) is 4.15. The molecule has 3 aromatic rings. The van der Waals surface area contributed by atoms with Crippen LogP contribution in [0.2, 0.25) is 5.02 Å². The van der Waals surface area contributed by atoms with Crippen molar-refractivity contribution in [3.8, 4) is 0 Å². The second-order valence-corrected chi connectivity index (χ2v) is 6.28. The minimum absolute atomic E-state index is 0.0253. The van der Waals surface area contributed by atoms with Crippen LogP contribution in [-0.2, 0) is 4.79 Å². The number of aryl methyl sites for hydroxylation is 1. The van der Waals surface area contributed by atoms with Crippen molar-refractivity contribution in [3.63, 3.8) is 0 Å². The number of rotatable bonds is 3. The van der Waals surface area contributed by atoms with Crippen molar-refractivity contribution in [2.24, 2.45) is 0 Å². The smallest absolute Gasteiger partial charge is 0.249 e. The summed E-state index contributed by atoms with van der Waals surface area (Å²) in [6.07, 6.45) is 4.18. The fourth-order valence-electron chi connectivity index (χ4n) is 3.03. The summed E-state index contributed by atoms with van der Waals surface area (Å²) in [7, 11) is 0. The Hall–Kier alpha value is -2.60. The molecule has 1 unspecified atom stereocenters. The van der Waals surface area contributed by atoms with E-state index in [0.29, 0.717) is 23.8 Å².